The van der Waals surface area contributed by atoms with E-state index in [0.717, 1.165) is 29.0 Å². The molecule has 3 heterocycles. The highest BCUT2D eigenvalue weighted by Crippen LogP contribution is 2.29. The van der Waals surface area contributed by atoms with Crippen molar-refractivity contribution in [2.45, 2.75) is 6.18 Å². The number of hydrogen-bond acceptors (Lipinski definition) is 4. The lowest BCUT2D eigenvalue weighted by molar-refractivity contribution is -0.367. The van der Waals surface area contributed by atoms with Crippen molar-refractivity contribution in [2.24, 2.45) is 0 Å². The number of nitrogens with one attached hydrogen (secondary N) is 1. The van der Waals surface area contributed by atoms with E-state index in [-0.39, 0.29) is 0 Å². The Morgan fingerprint density at radius 1 is 0.963 bits per heavy atom. The molecule has 0 bridgehead atoms. The van der Waals surface area contributed by atoms with Gasteiger partial charge in [0.25, 0.3) is 5.82 Å². The molecule has 140 valence electrons. The number of piperazine rings is 1. The third-order valence-corrected chi connectivity index (χ3v) is 4.86. The van der Waals surface area contributed by atoms with Gasteiger partial charge < -0.3 is 4.90 Å². The third kappa shape index (κ3) is 3.62. The minimum Gasteiger partial charge on any atom is -0.348 e. The summed E-state index contributed by atoms with van der Waals surface area (Å²) in [6.07, 6.45) is -1.82. The summed E-state index contributed by atoms with van der Waals surface area (Å²) in [4.78, 5) is 15.6. The minimum absolute atomic E-state index is 0.620. The number of H-pyrrole nitrogens is 1. The normalized spacial score (nSPS) is 15.4. The number of aromatic nitrogens is 3. The highest BCUT2D eigenvalue weighted by Gasteiger charge is 2.32. The zero-order valence-electron chi connectivity index (χ0n) is 14.2. The van der Waals surface area contributed by atoms with Crippen LogP contribution in [0.2, 0.25) is 5.02 Å². The molecule has 1 aliphatic heterocycles. The molecular formula is C18H16ClF3N5+. The van der Waals surface area contributed by atoms with Crippen LogP contribution in [0.15, 0.2) is 42.9 Å². The van der Waals surface area contributed by atoms with Gasteiger partial charge in [0, 0.05) is 16.5 Å². The van der Waals surface area contributed by atoms with Gasteiger partial charge in [-0.05, 0) is 24.3 Å². The predicted octanol–water partition coefficient (Wildman–Crippen LogP) is 3.44. The maximum Gasteiger partial charge on any atom is 0.419 e. The molecule has 0 unspecified atom stereocenters. The first-order chi connectivity index (χ1) is 12.9. The van der Waals surface area contributed by atoms with Crippen LogP contribution in [0, 0.1) is 0 Å². The lowest BCUT2D eigenvalue weighted by Crippen LogP contribution is -2.48. The number of rotatable bonds is 2. The number of anilines is 2. The molecule has 1 fully saturated rings. The van der Waals surface area contributed by atoms with Crippen LogP contribution in [0.4, 0.5) is 24.8 Å². The van der Waals surface area contributed by atoms with Crippen molar-refractivity contribution in [3.63, 3.8) is 0 Å². The third-order valence-electron chi connectivity index (χ3n) is 4.62. The van der Waals surface area contributed by atoms with Crippen LogP contribution in [-0.2, 0) is 6.18 Å². The van der Waals surface area contributed by atoms with Gasteiger partial charge in [-0.1, -0.05) is 11.6 Å². The molecular weight excluding hydrogens is 379 g/mol. The summed E-state index contributed by atoms with van der Waals surface area (Å²) in [5.74, 6) is 1.51. The number of benzene rings is 1. The first kappa shape index (κ1) is 17.8. The fourth-order valence-electron chi connectivity index (χ4n) is 3.22. The van der Waals surface area contributed by atoms with Crippen molar-refractivity contribution in [1.82, 2.24) is 9.97 Å². The molecule has 0 spiro atoms. The zero-order valence-corrected chi connectivity index (χ0v) is 14.9. The van der Waals surface area contributed by atoms with Crippen LogP contribution >= 0.6 is 11.6 Å². The lowest BCUT2D eigenvalue weighted by Gasteiger charge is -2.32. The summed E-state index contributed by atoms with van der Waals surface area (Å²) < 4.78 is 38.1. The zero-order chi connectivity index (χ0) is 19.0. The molecule has 9 heteroatoms. The standard InChI is InChI=1S/C18H15ClF3N5/c19-13-2-3-14-15(9-13)24-11-25-17(14)27-7-5-26(6-8-27)16-4-1-12(10-23-16)18(20,21)22/h1-4,9-11H,5-8H2/p+1. The van der Waals surface area contributed by atoms with Crippen molar-refractivity contribution in [3.8, 4) is 0 Å². The number of fused-ring (bicyclic) bond motifs is 1. The molecule has 1 aliphatic rings. The first-order valence-corrected chi connectivity index (χ1v) is 8.79. The highest BCUT2D eigenvalue weighted by atomic mass is 35.5. The lowest BCUT2D eigenvalue weighted by atomic mass is 10.2. The van der Waals surface area contributed by atoms with E-state index in [0.29, 0.717) is 37.0 Å². The van der Waals surface area contributed by atoms with Gasteiger partial charge in [0.2, 0.25) is 0 Å². The maximum atomic E-state index is 12.7. The molecule has 0 aliphatic carbocycles. The second kappa shape index (κ2) is 6.84. The van der Waals surface area contributed by atoms with Gasteiger partial charge in [0.15, 0.2) is 0 Å². The van der Waals surface area contributed by atoms with E-state index < -0.39 is 11.7 Å². The molecule has 0 atom stereocenters. The average Bonchev–Trinajstić information content (AvgIpc) is 2.67. The second-order valence-electron chi connectivity index (χ2n) is 6.29. The molecule has 1 aromatic carbocycles. The summed E-state index contributed by atoms with van der Waals surface area (Å²) >= 11 is 6.03. The molecule has 1 saturated heterocycles. The predicted molar refractivity (Wildman–Crippen MR) is 97.0 cm³/mol. The number of hydrogen-bond donors (Lipinski definition) is 0. The molecule has 0 radical (unpaired) electrons. The Morgan fingerprint density at radius 3 is 2.37 bits per heavy atom. The SMILES string of the molecule is FC(F)(F)c1ccc(N2CCN(c3ncnc4cc(Cl)ccc34)CC2)[nH+]c1. The van der Waals surface area contributed by atoms with E-state index in [1.807, 2.05) is 17.0 Å². The molecule has 4 rings (SSSR count). The van der Waals surface area contributed by atoms with Crippen LogP contribution < -0.4 is 14.8 Å². The molecule has 27 heavy (non-hydrogen) atoms. The number of pyridine rings is 1. The number of nitrogens with zero attached hydrogens (tertiary/aromatic N) is 4. The Hall–Kier alpha value is -2.61. The molecule has 5 nitrogen and oxygen atoms in total. The fourth-order valence-corrected chi connectivity index (χ4v) is 3.38. The van der Waals surface area contributed by atoms with Gasteiger partial charge in [-0.15, -0.1) is 0 Å². The first-order valence-electron chi connectivity index (χ1n) is 8.41. The maximum absolute atomic E-state index is 12.7. The van der Waals surface area contributed by atoms with Crippen molar-refractivity contribution < 1.29 is 18.2 Å². The topological polar surface area (TPSA) is 46.4 Å². The molecule has 0 amide bonds. The molecule has 0 saturated carbocycles. The molecule has 2 aromatic heterocycles. The largest absolute Gasteiger partial charge is 0.419 e. The summed E-state index contributed by atoms with van der Waals surface area (Å²) in [6, 6.07) is 8.09. The summed E-state index contributed by atoms with van der Waals surface area (Å²) in [5, 5.41) is 1.55. The van der Waals surface area contributed by atoms with Gasteiger partial charge in [-0.2, -0.15) is 13.2 Å². The van der Waals surface area contributed by atoms with Crippen LogP contribution in [0.3, 0.4) is 0 Å². The van der Waals surface area contributed by atoms with E-state index in [9.17, 15) is 13.2 Å². The van der Waals surface area contributed by atoms with Crippen molar-refractivity contribution in [2.75, 3.05) is 36.0 Å². The fraction of sp³-hybridized carbons (Fsp3) is 0.278. The van der Waals surface area contributed by atoms with E-state index >= 15 is 0 Å². The second-order valence-corrected chi connectivity index (χ2v) is 6.73. The monoisotopic (exact) mass is 394 g/mol. The van der Waals surface area contributed by atoms with E-state index in [4.69, 9.17) is 11.6 Å². The summed E-state index contributed by atoms with van der Waals surface area (Å²) in [5.41, 5.74) is 0.0991. The number of halogens is 4. The van der Waals surface area contributed by atoms with Crippen molar-refractivity contribution >= 4 is 34.1 Å². The Labute approximate surface area is 158 Å². The van der Waals surface area contributed by atoms with Gasteiger partial charge in [0.05, 0.1) is 24.2 Å². The van der Waals surface area contributed by atoms with Crippen molar-refractivity contribution in [1.29, 1.82) is 0 Å². The number of aromatic amines is 1. The van der Waals surface area contributed by atoms with Crippen molar-refractivity contribution in [3.05, 3.63) is 53.4 Å². The van der Waals surface area contributed by atoms with Crippen LogP contribution in [0.1, 0.15) is 5.56 Å². The van der Waals surface area contributed by atoms with E-state index in [1.54, 1.807) is 6.07 Å². The van der Waals surface area contributed by atoms with Crippen LogP contribution in [0.5, 0.6) is 0 Å². The molecule has 3 aromatic rings. The van der Waals surface area contributed by atoms with E-state index in [1.165, 1.54) is 12.4 Å². The summed E-state index contributed by atoms with van der Waals surface area (Å²) in [7, 11) is 0. The minimum atomic E-state index is -4.34. The Balaban J connectivity index is 1.49. The van der Waals surface area contributed by atoms with Crippen LogP contribution in [-0.4, -0.2) is 36.1 Å². The quantitative estimate of drug-likeness (QED) is 0.668. The summed E-state index contributed by atoms with van der Waals surface area (Å²) in [6.45, 7) is 2.73. The van der Waals surface area contributed by atoms with Gasteiger partial charge in [-0.25, -0.2) is 15.0 Å². The number of alkyl halides is 3. The highest BCUT2D eigenvalue weighted by molar-refractivity contribution is 6.31. The Morgan fingerprint density at radius 2 is 1.70 bits per heavy atom. The Bertz CT molecular complexity index is 953. The smallest absolute Gasteiger partial charge is 0.348 e. The van der Waals surface area contributed by atoms with E-state index in [2.05, 4.69) is 19.9 Å². The Kier molecular flexibility index (Phi) is 4.51. The van der Waals surface area contributed by atoms with Gasteiger partial charge >= 0.3 is 6.18 Å². The van der Waals surface area contributed by atoms with Gasteiger partial charge in [0.1, 0.15) is 31.4 Å². The van der Waals surface area contributed by atoms with Crippen LogP contribution in [0.25, 0.3) is 10.9 Å². The average molecular weight is 395 g/mol. The van der Waals surface area contributed by atoms with Gasteiger partial charge in [-0.3, -0.25) is 4.90 Å². The molecule has 1 N–H and O–H groups in total.